The standard InChI is InChI=1S/C34H45N3O2.C31H39N3O2.C30H37N3O2.C28H33N3O2/c1-7-25(8-2)22-38-29-15-11-27(12-16-29)31-19-20-32(34-33(31)35-37(36-34)21-24(5)6)28-13-17-30(18-14-28)39-23-26(9-3)10-4;1-21(2)18-35-25-12-8-23(9-13-25)27-16-17-28(24-10-14-26(15-11-24)36-19-22(3)4)30-29(27)32-34(33-30)20-31(5,6)7;1-20(2)17-33-31-29-27(23-7-11-25(12-8-23)34-18-21(3)4)15-16-28(30(29)32-33)24-9-13-26(14-10-24)35-19-22(5)6;1-18(2)17-31-29-27-25(21-7-11-23(12-8-21)32-19(3)4)15-16-26(28(27)30-31)22-9-13-24(14-10-22)33-20(5)6/h11-20,24-26H,7-10,21-23H2,1-6H3;8-17,21-22H,18-20H2,1-7H3;7-16,20-22H,17-19H2,1-6H3;7-16,18-20H,17H2,1-6H3. The van der Waals surface area contributed by atoms with Crippen LogP contribution < -0.4 is 37.9 Å². The molecule has 0 unspecified atom stereocenters. The van der Waals surface area contributed by atoms with Gasteiger partial charge in [0.1, 0.15) is 90.1 Å². The van der Waals surface area contributed by atoms with Gasteiger partial charge in [-0.2, -0.15) is 60.0 Å². The Morgan fingerprint density at radius 1 is 0.203 bits per heavy atom. The fourth-order valence-electron chi connectivity index (χ4n) is 16.6. The van der Waals surface area contributed by atoms with E-state index in [1.54, 1.807) is 0 Å². The van der Waals surface area contributed by atoms with Gasteiger partial charge in [-0.25, -0.2) is 0 Å². The van der Waals surface area contributed by atoms with E-state index in [2.05, 4.69) is 315 Å². The van der Waals surface area contributed by atoms with Gasteiger partial charge in [-0.05, 0) is 228 Å². The van der Waals surface area contributed by atoms with Crippen LogP contribution in [0.25, 0.3) is 133 Å². The summed E-state index contributed by atoms with van der Waals surface area (Å²) in [6.45, 7) is 61.4. The number of hydrogen-bond donors (Lipinski definition) is 0. The molecule has 4 aromatic heterocycles. The molecule has 0 aliphatic carbocycles. The first kappa shape index (κ1) is 107. The summed E-state index contributed by atoms with van der Waals surface area (Å²) < 4.78 is 47.2. The molecule has 20 nitrogen and oxygen atoms in total. The second kappa shape index (κ2) is 50.5. The third-order valence-electron chi connectivity index (χ3n) is 24.2. The summed E-state index contributed by atoms with van der Waals surface area (Å²) in [7, 11) is 0. The van der Waals surface area contributed by atoms with Crippen LogP contribution in [-0.2, 0) is 26.2 Å². The van der Waals surface area contributed by atoms with E-state index in [-0.39, 0.29) is 17.6 Å². The number of rotatable bonds is 41. The van der Waals surface area contributed by atoms with Crippen molar-refractivity contribution in [3.8, 4) is 135 Å². The first-order valence-corrected chi connectivity index (χ1v) is 52.1. The highest BCUT2D eigenvalue weighted by Crippen LogP contribution is 2.42. The average molecular weight is 1930 g/mol. The summed E-state index contributed by atoms with van der Waals surface area (Å²) in [6.07, 6.45) is 4.85. The third-order valence-corrected chi connectivity index (χ3v) is 24.2. The molecular weight excluding hydrogens is 1770 g/mol. The number of aromatic nitrogens is 12. The number of benzene rings is 12. The third kappa shape index (κ3) is 30.1. The van der Waals surface area contributed by atoms with Crippen molar-refractivity contribution in [1.82, 2.24) is 60.0 Å². The summed E-state index contributed by atoms with van der Waals surface area (Å²) in [4.78, 5) is 7.36. The van der Waals surface area contributed by atoms with Crippen LogP contribution in [0.3, 0.4) is 0 Å². The Labute approximate surface area is 850 Å². The Balaban J connectivity index is 0.000000160. The van der Waals surface area contributed by atoms with Crippen molar-refractivity contribution in [2.45, 2.75) is 237 Å². The largest absolute Gasteiger partial charge is 0.493 e. The maximum absolute atomic E-state index is 6.06. The zero-order valence-corrected chi connectivity index (χ0v) is 89.5. The van der Waals surface area contributed by atoms with Crippen LogP contribution in [0.1, 0.15) is 199 Å². The lowest BCUT2D eigenvalue weighted by Crippen LogP contribution is -2.17. The first-order chi connectivity index (χ1) is 68.6. The van der Waals surface area contributed by atoms with E-state index in [1.165, 1.54) is 0 Å². The molecule has 0 radical (unpaired) electrons. The molecule has 754 valence electrons. The molecule has 0 amide bonds. The fraction of sp³-hybridized carbons (Fsp3) is 0.415. The molecule has 0 aliphatic rings. The van der Waals surface area contributed by atoms with E-state index < -0.39 is 0 Å². The lowest BCUT2D eigenvalue weighted by molar-refractivity contribution is 0.240. The molecule has 16 aromatic rings. The van der Waals surface area contributed by atoms with Crippen molar-refractivity contribution >= 4 is 44.1 Å². The molecule has 12 aromatic carbocycles. The Morgan fingerprint density at radius 2 is 0.364 bits per heavy atom. The Kier molecular flexibility index (Phi) is 37.8. The van der Waals surface area contributed by atoms with Crippen molar-refractivity contribution in [2.24, 2.45) is 58.7 Å². The van der Waals surface area contributed by atoms with Crippen molar-refractivity contribution in [3.63, 3.8) is 0 Å². The SMILES string of the molecule is CC(C)COc1ccc(-c2ccc(-c3ccc(OCC(C)C)cc3)c3nn(CC(C)(C)C)nc23)cc1.CC(C)COc1ccc(-c2ccc(-c3ccc(OCC(C)C)cc3)c3nn(CC(C)C)nc23)cc1.CC(C)Cn1nc2c(-c3ccc(OC(C)C)cc3)ccc(-c3ccc(OC(C)C)cc3)c2n1.CCC(CC)COc1ccc(-c2ccc(-c3ccc(OCC(CC)CC)cc3)c3nn(CC(C)C)nc23)cc1. The zero-order chi connectivity index (χ0) is 102. The first-order valence-electron chi connectivity index (χ1n) is 52.1. The molecule has 0 N–H and O–H groups in total. The van der Waals surface area contributed by atoms with Crippen LogP contribution in [0.5, 0.6) is 46.0 Å². The normalized spacial score (nSPS) is 11.8. The van der Waals surface area contributed by atoms with Gasteiger partial charge in [0.05, 0.1) is 78.0 Å². The van der Waals surface area contributed by atoms with Gasteiger partial charge < -0.3 is 37.9 Å². The van der Waals surface area contributed by atoms with E-state index in [0.717, 1.165) is 244 Å². The number of hydrogen-bond acceptors (Lipinski definition) is 16. The molecule has 0 saturated carbocycles. The number of ether oxygens (including phenoxy) is 8. The number of fused-ring (bicyclic) bond motifs is 4. The van der Waals surface area contributed by atoms with Gasteiger partial charge >= 0.3 is 0 Å². The van der Waals surface area contributed by atoms with Crippen molar-refractivity contribution in [3.05, 3.63) is 243 Å². The van der Waals surface area contributed by atoms with E-state index >= 15 is 0 Å². The van der Waals surface area contributed by atoms with Gasteiger partial charge in [0.15, 0.2) is 0 Å². The Morgan fingerprint density at radius 3 is 0.510 bits per heavy atom. The van der Waals surface area contributed by atoms with E-state index in [4.69, 9.17) is 78.7 Å². The highest BCUT2D eigenvalue weighted by molar-refractivity contribution is 6.04. The monoisotopic (exact) mass is 1930 g/mol. The second-order valence-corrected chi connectivity index (χ2v) is 42.5. The maximum Gasteiger partial charge on any atom is 0.121 e. The molecule has 0 atom stereocenters. The van der Waals surface area contributed by atoms with Crippen molar-refractivity contribution in [2.75, 3.05) is 39.6 Å². The lowest BCUT2D eigenvalue weighted by Gasteiger charge is -2.16. The van der Waals surface area contributed by atoms with Gasteiger partial charge in [0, 0.05) is 44.5 Å². The van der Waals surface area contributed by atoms with Crippen LogP contribution in [-0.4, -0.2) is 112 Å². The number of nitrogens with zero attached hydrogens (tertiary/aromatic N) is 12. The van der Waals surface area contributed by atoms with Gasteiger partial charge in [0.2, 0.25) is 0 Å². The Hall–Kier alpha value is -13.4. The van der Waals surface area contributed by atoms with Gasteiger partial charge in [-0.3, -0.25) is 0 Å². The van der Waals surface area contributed by atoms with E-state index in [1.807, 2.05) is 120 Å². The predicted octanol–water partition coefficient (Wildman–Crippen LogP) is 31.4. The highest BCUT2D eigenvalue weighted by Gasteiger charge is 2.25. The highest BCUT2D eigenvalue weighted by atomic mass is 16.5. The fourth-order valence-corrected chi connectivity index (χ4v) is 16.6. The van der Waals surface area contributed by atoms with Crippen LogP contribution >= 0.6 is 0 Å². The minimum absolute atomic E-state index is 0.0696. The van der Waals surface area contributed by atoms with Crippen LogP contribution in [0, 0.1) is 58.7 Å². The quantitative estimate of drug-likeness (QED) is 0.0350. The van der Waals surface area contributed by atoms with E-state index in [0.29, 0.717) is 79.7 Å². The van der Waals surface area contributed by atoms with Gasteiger partial charge in [-0.15, -0.1) is 0 Å². The second-order valence-electron chi connectivity index (χ2n) is 42.5. The maximum atomic E-state index is 6.06. The smallest absolute Gasteiger partial charge is 0.121 e. The zero-order valence-electron chi connectivity index (χ0n) is 89.5. The Bertz CT molecular complexity index is 6270. The summed E-state index contributed by atoms with van der Waals surface area (Å²) in [6, 6.07) is 83.5. The van der Waals surface area contributed by atoms with Gasteiger partial charge in [-0.1, -0.05) is 317 Å². The molecule has 0 fully saturated rings. The molecule has 0 aliphatic heterocycles. The summed E-state index contributed by atoms with van der Waals surface area (Å²) in [5, 5.41) is 39.4. The van der Waals surface area contributed by atoms with E-state index in [9.17, 15) is 0 Å². The molecule has 0 spiro atoms. The summed E-state index contributed by atoms with van der Waals surface area (Å²) >= 11 is 0. The van der Waals surface area contributed by atoms with Crippen LogP contribution in [0.2, 0.25) is 0 Å². The molecule has 20 heteroatoms. The summed E-state index contributed by atoms with van der Waals surface area (Å²) in [5.41, 5.74) is 24.8. The van der Waals surface area contributed by atoms with Crippen LogP contribution in [0.15, 0.2) is 243 Å². The average Bonchev–Trinajstić information content (AvgIpc) is 1.66. The van der Waals surface area contributed by atoms with Crippen molar-refractivity contribution in [1.29, 1.82) is 0 Å². The van der Waals surface area contributed by atoms with Gasteiger partial charge in [0.25, 0.3) is 0 Å². The van der Waals surface area contributed by atoms with Crippen molar-refractivity contribution < 1.29 is 37.9 Å². The molecular formula is C123H154N12O8. The minimum atomic E-state index is 0.0696. The van der Waals surface area contributed by atoms with Crippen LogP contribution in [0.4, 0.5) is 0 Å². The molecule has 0 bridgehead atoms. The minimum Gasteiger partial charge on any atom is -0.493 e. The molecule has 4 heterocycles. The molecule has 16 rings (SSSR count). The molecule has 0 saturated heterocycles. The lowest BCUT2D eigenvalue weighted by atomic mass is 9.97. The predicted molar refractivity (Wildman–Crippen MR) is 590 cm³/mol. The topological polar surface area (TPSA) is 197 Å². The molecule has 143 heavy (non-hydrogen) atoms. The summed E-state index contributed by atoms with van der Waals surface area (Å²) in [5.74, 6) is 11.6.